The summed E-state index contributed by atoms with van der Waals surface area (Å²) < 4.78 is 60.3. The molecule has 7 nitrogen and oxygen atoms in total. The monoisotopic (exact) mass is 452 g/mol. The van der Waals surface area contributed by atoms with E-state index in [9.17, 15) is 16.8 Å². The minimum absolute atomic E-state index is 0.0952. The predicted molar refractivity (Wildman–Crippen MR) is 119 cm³/mol. The molecule has 0 saturated heterocycles. The summed E-state index contributed by atoms with van der Waals surface area (Å²) in [5.74, 6) is 0.747. The van der Waals surface area contributed by atoms with Crippen molar-refractivity contribution in [1.29, 1.82) is 0 Å². The average Bonchev–Trinajstić information content (AvgIpc) is 2.68. The van der Waals surface area contributed by atoms with Crippen LogP contribution in [0.5, 0.6) is 5.75 Å². The second-order valence-electron chi connectivity index (χ2n) is 7.30. The van der Waals surface area contributed by atoms with Crippen molar-refractivity contribution in [3.8, 4) is 5.75 Å². The van der Waals surface area contributed by atoms with E-state index in [-0.39, 0.29) is 10.6 Å². The number of nitrogens with zero attached hydrogens (tertiary/aromatic N) is 1. The summed E-state index contributed by atoms with van der Waals surface area (Å²) in [6.07, 6.45) is 1.95. The van der Waals surface area contributed by atoms with Crippen molar-refractivity contribution in [1.82, 2.24) is 0 Å². The lowest BCUT2D eigenvalue weighted by atomic mass is 10.0. The lowest BCUT2D eigenvalue weighted by Gasteiger charge is -2.30. The van der Waals surface area contributed by atoms with Crippen molar-refractivity contribution in [2.24, 2.45) is 0 Å². The molecule has 0 amide bonds. The number of sulfonamides is 2. The number of nitrogens with one attached hydrogen (secondary N) is 1. The Morgan fingerprint density at radius 3 is 2.50 bits per heavy atom. The zero-order valence-electron chi connectivity index (χ0n) is 17.5. The Bertz CT molecular complexity index is 1130. The van der Waals surface area contributed by atoms with E-state index in [1.54, 1.807) is 37.3 Å². The number of ether oxygens (including phenoxy) is 1. The molecular weight excluding hydrogens is 424 g/mol. The Labute approximate surface area is 179 Å². The van der Waals surface area contributed by atoms with Gasteiger partial charge >= 0.3 is 0 Å². The molecule has 2 aromatic carbocycles. The molecule has 1 heterocycles. The first-order valence-corrected chi connectivity index (χ1v) is 13.2. The van der Waals surface area contributed by atoms with Gasteiger partial charge in [0.1, 0.15) is 5.75 Å². The van der Waals surface area contributed by atoms with E-state index in [0.717, 1.165) is 11.1 Å². The third-order valence-electron chi connectivity index (χ3n) is 4.96. The first-order valence-electron chi connectivity index (χ1n) is 10.1. The van der Waals surface area contributed by atoms with Crippen LogP contribution in [0.2, 0.25) is 0 Å². The van der Waals surface area contributed by atoms with Crippen LogP contribution in [0.3, 0.4) is 0 Å². The number of fused-ring (bicyclic) bond motifs is 1. The van der Waals surface area contributed by atoms with Crippen LogP contribution in [0.15, 0.2) is 41.3 Å². The van der Waals surface area contributed by atoms with Gasteiger partial charge in [-0.05, 0) is 80.6 Å². The lowest BCUT2D eigenvalue weighted by Crippen LogP contribution is -2.37. The van der Waals surface area contributed by atoms with Crippen LogP contribution in [0.25, 0.3) is 0 Å². The maximum atomic E-state index is 12.8. The van der Waals surface area contributed by atoms with Crippen molar-refractivity contribution in [3.05, 3.63) is 47.5 Å². The summed E-state index contributed by atoms with van der Waals surface area (Å²) >= 11 is 0. The van der Waals surface area contributed by atoms with Crippen LogP contribution in [0, 0.1) is 6.92 Å². The fraction of sp³-hybridized carbons (Fsp3) is 0.429. The number of anilines is 2. The normalized spacial score (nSPS) is 14.3. The molecule has 0 spiro atoms. The molecule has 9 heteroatoms. The van der Waals surface area contributed by atoms with Crippen LogP contribution in [-0.4, -0.2) is 35.7 Å². The number of aryl methyl sites for hydroxylation is 2. The highest BCUT2D eigenvalue weighted by Crippen LogP contribution is 2.33. The van der Waals surface area contributed by atoms with Gasteiger partial charge in [-0.1, -0.05) is 6.92 Å². The Morgan fingerprint density at radius 2 is 1.83 bits per heavy atom. The number of benzene rings is 2. The first kappa shape index (κ1) is 22.4. The second-order valence-corrected chi connectivity index (χ2v) is 11.0. The molecule has 2 aromatic rings. The van der Waals surface area contributed by atoms with Crippen molar-refractivity contribution in [3.63, 3.8) is 0 Å². The number of hydrogen-bond acceptors (Lipinski definition) is 5. The standard InChI is InChI=1S/C21H28N2O5S2/c1-4-13-29(24,25)23-12-6-7-17-15-18(8-10-20(17)23)22-30(26,27)19-9-11-21(28-5-2)16(3)14-19/h8-11,14-15,22H,4-7,12-13H2,1-3H3. The molecule has 30 heavy (non-hydrogen) atoms. The third kappa shape index (κ3) is 4.73. The summed E-state index contributed by atoms with van der Waals surface area (Å²) in [7, 11) is -7.15. The molecule has 1 N–H and O–H groups in total. The third-order valence-corrected chi connectivity index (χ3v) is 8.32. The van der Waals surface area contributed by atoms with Gasteiger partial charge in [0.15, 0.2) is 0 Å². The van der Waals surface area contributed by atoms with E-state index in [4.69, 9.17) is 4.74 Å². The largest absolute Gasteiger partial charge is 0.494 e. The summed E-state index contributed by atoms with van der Waals surface area (Å²) in [6, 6.07) is 9.75. The molecular formula is C21H28N2O5S2. The van der Waals surface area contributed by atoms with Crippen LogP contribution in [0.4, 0.5) is 11.4 Å². The van der Waals surface area contributed by atoms with Crippen LogP contribution in [0.1, 0.15) is 37.8 Å². The zero-order valence-corrected chi connectivity index (χ0v) is 19.1. The van der Waals surface area contributed by atoms with E-state index in [1.165, 1.54) is 10.4 Å². The van der Waals surface area contributed by atoms with Gasteiger partial charge in [-0.2, -0.15) is 0 Å². The Kier molecular flexibility index (Phi) is 6.62. The molecule has 0 radical (unpaired) electrons. The highest BCUT2D eigenvalue weighted by atomic mass is 32.2. The minimum Gasteiger partial charge on any atom is -0.494 e. The maximum absolute atomic E-state index is 12.8. The maximum Gasteiger partial charge on any atom is 0.261 e. The van der Waals surface area contributed by atoms with Gasteiger partial charge < -0.3 is 4.74 Å². The van der Waals surface area contributed by atoms with Crippen molar-refractivity contribution < 1.29 is 21.6 Å². The molecule has 0 fully saturated rings. The predicted octanol–water partition coefficient (Wildman–Crippen LogP) is 3.69. The van der Waals surface area contributed by atoms with Crippen molar-refractivity contribution in [2.45, 2.75) is 44.9 Å². The van der Waals surface area contributed by atoms with E-state index >= 15 is 0 Å². The minimum atomic E-state index is -3.78. The van der Waals surface area contributed by atoms with Crippen LogP contribution >= 0.6 is 0 Å². The summed E-state index contributed by atoms with van der Waals surface area (Å²) in [5.41, 5.74) is 2.61. The topological polar surface area (TPSA) is 92.8 Å². The van der Waals surface area contributed by atoms with Crippen LogP contribution in [-0.2, 0) is 26.5 Å². The van der Waals surface area contributed by atoms with Gasteiger partial charge in [0.05, 0.1) is 22.9 Å². The van der Waals surface area contributed by atoms with Crippen molar-refractivity contribution >= 4 is 31.4 Å². The zero-order chi connectivity index (χ0) is 21.9. The number of rotatable bonds is 8. The van der Waals surface area contributed by atoms with E-state index in [0.29, 0.717) is 49.5 Å². The Balaban J connectivity index is 1.87. The smallest absolute Gasteiger partial charge is 0.261 e. The molecule has 0 unspecified atom stereocenters. The fourth-order valence-corrected chi connectivity index (χ4v) is 6.36. The molecule has 0 aliphatic carbocycles. The highest BCUT2D eigenvalue weighted by molar-refractivity contribution is 7.93. The summed E-state index contributed by atoms with van der Waals surface area (Å²) in [4.78, 5) is 0.147. The van der Waals surface area contributed by atoms with Gasteiger partial charge in [-0.25, -0.2) is 16.8 Å². The molecule has 3 rings (SSSR count). The molecule has 0 atom stereocenters. The molecule has 0 aromatic heterocycles. The van der Waals surface area contributed by atoms with Gasteiger partial charge in [0.25, 0.3) is 10.0 Å². The SMILES string of the molecule is CCCS(=O)(=O)N1CCCc2cc(NS(=O)(=O)c3ccc(OCC)c(C)c3)ccc21. The van der Waals surface area contributed by atoms with Gasteiger partial charge in [-0.3, -0.25) is 9.03 Å². The summed E-state index contributed by atoms with van der Waals surface area (Å²) in [5, 5.41) is 0. The summed E-state index contributed by atoms with van der Waals surface area (Å²) in [6.45, 7) is 6.46. The van der Waals surface area contributed by atoms with E-state index < -0.39 is 20.0 Å². The molecule has 0 saturated carbocycles. The number of hydrogen-bond donors (Lipinski definition) is 1. The Morgan fingerprint density at radius 1 is 1.07 bits per heavy atom. The first-order chi connectivity index (χ1) is 14.2. The van der Waals surface area contributed by atoms with Crippen LogP contribution < -0.4 is 13.8 Å². The van der Waals surface area contributed by atoms with Crippen molar-refractivity contribution in [2.75, 3.05) is 27.9 Å². The Hall–Kier alpha value is -2.26. The lowest BCUT2D eigenvalue weighted by molar-refractivity contribution is 0.337. The molecule has 164 valence electrons. The van der Waals surface area contributed by atoms with E-state index in [1.807, 2.05) is 13.8 Å². The average molecular weight is 453 g/mol. The molecule has 0 bridgehead atoms. The van der Waals surface area contributed by atoms with Gasteiger partial charge in [0, 0.05) is 12.2 Å². The second kappa shape index (κ2) is 8.85. The molecule has 1 aliphatic heterocycles. The quantitative estimate of drug-likeness (QED) is 0.659. The fourth-order valence-electron chi connectivity index (χ4n) is 3.60. The molecule has 1 aliphatic rings. The van der Waals surface area contributed by atoms with E-state index in [2.05, 4.69) is 4.72 Å². The highest BCUT2D eigenvalue weighted by Gasteiger charge is 2.27. The van der Waals surface area contributed by atoms with Gasteiger partial charge in [0.2, 0.25) is 10.0 Å². The van der Waals surface area contributed by atoms with Gasteiger partial charge in [-0.15, -0.1) is 0 Å².